The summed E-state index contributed by atoms with van der Waals surface area (Å²) in [6, 6.07) is 8.39. The minimum Gasteiger partial charge on any atom is -0.481 e. The molecule has 5 heterocycles. The van der Waals surface area contributed by atoms with Gasteiger partial charge in [-0.25, -0.2) is 8.42 Å². The fourth-order valence-electron chi connectivity index (χ4n) is 7.87. The molecule has 1 atom stereocenters. The van der Waals surface area contributed by atoms with Crippen molar-refractivity contribution in [2.24, 2.45) is 5.41 Å². The Bertz CT molecular complexity index is 2270. The summed E-state index contributed by atoms with van der Waals surface area (Å²) >= 11 is 0. The lowest BCUT2D eigenvalue weighted by Gasteiger charge is -2.33. The largest absolute Gasteiger partial charge is 0.481 e. The van der Waals surface area contributed by atoms with Crippen LogP contribution in [0.1, 0.15) is 84.7 Å². The van der Waals surface area contributed by atoms with Crippen LogP contribution < -0.4 is 9.47 Å². The number of hydrogen-bond donors (Lipinski definition) is 1. The number of rotatable bonds is 11. The van der Waals surface area contributed by atoms with E-state index in [-0.39, 0.29) is 35.6 Å². The van der Waals surface area contributed by atoms with E-state index in [1.807, 2.05) is 6.92 Å². The third-order valence-corrected chi connectivity index (χ3v) is 13.4. The molecule has 0 amide bonds. The van der Waals surface area contributed by atoms with Gasteiger partial charge in [-0.2, -0.15) is 22.5 Å². The van der Waals surface area contributed by atoms with Gasteiger partial charge < -0.3 is 19.3 Å². The lowest BCUT2D eigenvalue weighted by molar-refractivity contribution is -0.147. The summed E-state index contributed by atoms with van der Waals surface area (Å²) in [6.45, 7) is 11.2. The number of halogens is 3. The van der Waals surface area contributed by atoms with E-state index in [2.05, 4.69) is 20.1 Å². The number of piperidine rings is 1. The second-order valence-corrected chi connectivity index (χ2v) is 17.8. The van der Waals surface area contributed by atoms with Gasteiger partial charge >= 0.3 is 12.1 Å². The Balaban J connectivity index is 1.19. The fraction of sp³-hybridized carbons (Fsp3) is 0.538. The number of methoxy groups -OCH3 is 1. The van der Waals surface area contributed by atoms with Crippen LogP contribution in [-0.4, -0.2) is 99.9 Å². The van der Waals surface area contributed by atoms with Crippen molar-refractivity contribution in [3.05, 3.63) is 75.7 Å². The van der Waals surface area contributed by atoms with Crippen molar-refractivity contribution < 1.29 is 45.7 Å². The van der Waals surface area contributed by atoms with Gasteiger partial charge in [0.2, 0.25) is 27.6 Å². The zero-order valence-corrected chi connectivity index (χ0v) is 33.1. The molecule has 2 aliphatic heterocycles. The minimum absolute atomic E-state index is 0.00767. The molecule has 1 saturated carbocycles. The molecule has 2 fully saturated rings. The van der Waals surface area contributed by atoms with Crippen molar-refractivity contribution >= 4 is 21.6 Å². The minimum atomic E-state index is -4.75. The SMILES string of the molecule is COC1CCN(CCOc2nc3c(cc2C)S(=O)(=O)N(Cc2cc(C(c4ccn5c(C(F)(F)F)nnc5c4C)C(C)(C)C(=O)O)ccc2C)CC2(CC2)O3)CC1. The quantitative estimate of drug-likeness (QED) is 0.193. The summed E-state index contributed by atoms with van der Waals surface area (Å²) in [5.74, 6) is -2.85. The highest BCUT2D eigenvalue weighted by molar-refractivity contribution is 7.89. The number of hydrogen-bond acceptors (Lipinski definition) is 10. The van der Waals surface area contributed by atoms with Gasteiger partial charge in [-0.05, 0) is 100 Å². The first kappa shape index (κ1) is 39.9. The number of carboxylic acids is 1. The predicted octanol–water partition coefficient (Wildman–Crippen LogP) is 5.92. The van der Waals surface area contributed by atoms with Gasteiger partial charge in [0.1, 0.15) is 17.1 Å². The maximum absolute atomic E-state index is 14.5. The number of likely N-dealkylation sites (tertiary alicyclic amines) is 1. The fourth-order valence-corrected chi connectivity index (χ4v) is 9.49. The van der Waals surface area contributed by atoms with Gasteiger partial charge in [0.25, 0.3) is 0 Å². The number of aromatic nitrogens is 4. The number of sulfonamides is 1. The van der Waals surface area contributed by atoms with Crippen molar-refractivity contribution in [2.45, 2.75) is 95.5 Å². The molecule has 3 aliphatic rings. The summed E-state index contributed by atoms with van der Waals surface area (Å²) in [4.78, 5) is 19.7. The number of carbonyl (C=O) groups is 1. The van der Waals surface area contributed by atoms with E-state index in [1.165, 1.54) is 16.6 Å². The van der Waals surface area contributed by atoms with Gasteiger partial charge in [0.05, 0.1) is 18.1 Å². The van der Waals surface area contributed by atoms with Gasteiger partial charge in [-0.1, -0.05) is 18.2 Å². The number of ether oxygens (including phenoxy) is 3. The van der Waals surface area contributed by atoms with E-state index < -0.39 is 44.9 Å². The first-order chi connectivity index (χ1) is 26.3. The Hall–Kier alpha value is -4.32. The molecule has 7 rings (SSSR count). The molecule has 1 N–H and O–H groups in total. The summed E-state index contributed by atoms with van der Waals surface area (Å²) in [7, 11) is -2.42. The summed E-state index contributed by atoms with van der Waals surface area (Å²) in [6.07, 6.45) is -0.0892. The normalized spacial score (nSPS) is 19.4. The highest BCUT2D eigenvalue weighted by Gasteiger charge is 2.53. The molecule has 0 radical (unpaired) electrons. The van der Waals surface area contributed by atoms with E-state index in [4.69, 9.17) is 14.2 Å². The van der Waals surface area contributed by atoms with E-state index in [0.29, 0.717) is 59.7 Å². The molecule has 56 heavy (non-hydrogen) atoms. The Morgan fingerprint density at radius 3 is 2.43 bits per heavy atom. The number of aryl methyl sites for hydroxylation is 3. The zero-order valence-electron chi connectivity index (χ0n) is 32.3. The molecule has 1 unspecified atom stereocenters. The highest BCUT2D eigenvalue weighted by atomic mass is 32.2. The van der Waals surface area contributed by atoms with Crippen molar-refractivity contribution in [1.29, 1.82) is 0 Å². The zero-order chi connectivity index (χ0) is 40.4. The topological polar surface area (TPSA) is 149 Å². The summed E-state index contributed by atoms with van der Waals surface area (Å²) in [5, 5.41) is 17.6. The number of carboxylic acid groups (broad SMARTS) is 1. The number of pyridine rings is 2. The molecule has 302 valence electrons. The van der Waals surface area contributed by atoms with Crippen molar-refractivity contribution in [1.82, 2.24) is 28.8 Å². The number of benzene rings is 1. The van der Waals surface area contributed by atoms with E-state index >= 15 is 0 Å². The van der Waals surface area contributed by atoms with Gasteiger partial charge in [-0.15, -0.1) is 10.2 Å². The van der Waals surface area contributed by atoms with Crippen LogP contribution in [0.2, 0.25) is 0 Å². The lowest BCUT2D eigenvalue weighted by atomic mass is 9.70. The van der Waals surface area contributed by atoms with Crippen LogP contribution in [0.4, 0.5) is 13.2 Å². The molecule has 1 saturated heterocycles. The second-order valence-electron chi connectivity index (χ2n) is 15.9. The van der Waals surface area contributed by atoms with Crippen LogP contribution in [0.15, 0.2) is 41.4 Å². The average molecular weight is 801 g/mol. The molecule has 4 aromatic rings. The number of fused-ring (bicyclic) bond motifs is 2. The molecule has 1 spiro atoms. The Kier molecular flexibility index (Phi) is 10.4. The Morgan fingerprint density at radius 1 is 1.07 bits per heavy atom. The lowest BCUT2D eigenvalue weighted by Crippen LogP contribution is -2.38. The maximum Gasteiger partial charge on any atom is 0.452 e. The van der Waals surface area contributed by atoms with Crippen LogP contribution in [0, 0.1) is 26.2 Å². The standard InChI is InChI=1S/C39H47F3N6O7S/c1-23-7-8-26(31(37(4,5)36(49)50)29-11-16-48-32(25(29)3)44-45-35(48)39(40,41)42)20-27(23)21-47-22-38(12-13-38)55-34-30(56(47,51)52)19-24(2)33(43-34)54-18-17-46-14-9-28(53-6)10-15-46/h7-8,11,16,19-20,28,31H,9-10,12-15,17-18,21-22H2,1-6H3,(H,49,50). The van der Waals surface area contributed by atoms with Gasteiger partial charge in [0, 0.05) is 51.0 Å². The molecule has 17 heteroatoms. The number of nitrogens with zero attached hydrogens (tertiary/aromatic N) is 6. The van der Waals surface area contributed by atoms with Crippen LogP contribution in [0.3, 0.4) is 0 Å². The van der Waals surface area contributed by atoms with Gasteiger partial charge in [0.15, 0.2) is 5.65 Å². The monoisotopic (exact) mass is 800 g/mol. The van der Waals surface area contributed by atoms with Gasteiger partial charge in [-0.3, -0.25) is 14.1 Å². The second kappa shape index (κ2) is 14.6. The van der Waals surface area contributed by atoms with E-state index in [1.54, 1.807) is 59.1 Å². The van der Waals surface area contributed by atoms with Crippen LogP contribution in [0.5, 0.6) is 11.8 Å². The molecule has 3 aromatic heterocycles. The Morgan fingerprint density at radius 2 is 1.79 bits per heavy atom. The maximum atomic E-state index is 14.5. The number of aliphatic carboxylic acids is 1. The third-order valence-electron chi connectivity index (χ3n) is 11.6. The first-order valence-corrected chi connectivity index (χ1v) is 20.1. The van der Waals surface area contributed by atoms with Crippen molar-refractivity contribution in [3.8, 4) is 11.8 Å². The summed E-state index contributed by atoms with van der Waals surface area (Å²) < 4.78 is 90.2. The molecular weight excluding hydrogens is 754 g/mol. The van der Waals surface area contributed by atoms with E-state index in [9.17, 15) is 31.5 Å². The molecule has 0 bridgehead atoms. The molecule has 13 nitrogen and oxygen atoms in total. The smallest absolute Gasteiger partial charge is 0.452 e. The number of alkyl halides is 3. The average Bonchev–Trinajstić information content (AvgIpc) is 3.75. The Labute approximate surface area is 323 Å². The predicted molar refractivity (Wildman–Crippen MR) is 198 cm³/mol. The summed E-state index contributed by atoms with van der Waals surface area (Å²) in [5.41, 5.74) is 1.05. The first-order valence-electron chi connectivity index (χ1n) is 18.7. The molecule has 1 aromatic carbocycles. The van der Waals surface area contributed by atoms with Crippen molar-refractivity contribution in [2.75, 3.05) is 39.9 Å². The van der Waals surface area contributed by atoms with Crippen LogP contribution in [-0.2, 0) is 32.3 Å². The molecular formula is C39H47F3N6O7S. The molecule has 1 aliphatic carbocycles. The highest BCUT2D eigenvalue weighted by Crippen LogP contribution is 2.48. The van der Waals surface area contributed by atoms with Crippen molar-refractivity contribution in [3.63, 3.8) is 0 Å². The van der Waals surface area contributed by atoms with Crippen LogP contribution >= 0.6 is 0 Å². The van der Waals surface area contributed by atoms with Crippen LogP contribution in [0.25, 0.3) is 5.65 Å². The third kappa shape index (κ3) is 7.45. The van der Waals surface area contributed by atoms with E-state index in [0.717, 1.165) is 35.9 Å².